The second kappa shape index (κ2) is 11.4. The van der Waals surface area contributed by atoms with Gasteiger partial charge in [-0.2, -0.15) is 0 Å². The van der Waals surface area contributed by atoms with Crippen molar-refractivity contribution in [3.63, 3.8) is 0 Å². The van der Waals surface area contributed by atoms with Crippen molar-refractivity contribution >= 4 is 24.8 Å². The summed E-state index contributed by atoms with van der Waals surface area (Å²) >= 11 is 0. The lowest BCUT2D eigenvalue weighted by Crippen LogP contribution is -2.46. The molecule has 1 N–H and O–H groups in total. The standard InChI is InChI=1S/C20H26N2O.2ClH/c23-20-10-4-8-18(16-20)9-5-11-21-12-14-22(15-13-21)17-19-6-2-1-3-7-19;;/h1-4,6-8,10,16,23H,5,9,11-15,17H2;2*1H. The van der Waals surface area contributed by atoms with Gasteiger partial charge in [0.05, 0.1) is 0 Å². The van der Waals surface area contributed by atoms with Crippen LogP contribution >= 0.6 is 24.8 Å². The predicted octanol–water partition coefficient (Wildman–Crippen LogP) is 3.99. The van der Waals surface area contributed by atoms with Crippen LogP contribution in [0.15, 0.2) is 54.6 Å². The summed E-state index contributed by atoms with van der Waals surface area (Å²) in [7, 11) is 0. The molecule has 138 valence electrons. The number of hydrogen-bond donors (Lipinski definition) is 1. The van der Waals surface area contributed by atoms with Gasteiger partial charge in [-0.1, -0.05) is 42.5 Å². The second-order valence-corrected chi connectivity index (χ2v) is 6.38. The van der Waals surface area contributed by atoms with Gasteiger partial charge in [-0.15, -0.1) is 24.8 Å². The zero-order chi connectivity index (χ0) is 15.9. The van der Waals surface area contributed by atoms with Crippen molar-refractivity contribution in [1.82, 2.24) is 9.80 Å². The van der Waals surface area contributed by atoms with Gasteiger partial charge < -0.3 is 10.0 Å². The molecule has 1 heterocycles. The van der Waals surface area contributed by atoms with Crippen LogP contribution in [0.2, 0.25) is 0 Å². The van der Waals surface area contributed by atoms with E-state index in [2.05, 4.69) is 46.2 Å². The first-order valence-corrected chi connectivity index (χ1v) is 8.56. The van der Waals surface area contributed by atoms with Crippen LogP contribution in [0.3, 0.4) is 0 Å². The normalized spacial score (nSPS) is 15.2. The van der Waals surface area contributed by atoms with Gasteiger partial charge in [-0.25, -0.2) is 0 Å². The van der Waals surface area contributed by atoms with E-state index in [4.69, 9.17) is 0 Å². The van der Waals surface area contributed by atoms with Crippen molar-refractivity contribution in [2.24, 2.45) is 0 Å². The van der Waals surface area contributed by atoms with E-state index in [1.165, 1.54) is 11.1 Å². The molecule has 5 heteroatoms. The number of nitrogens with zero attached hydrogens (tertiary/aromatic N) is 2. The predicted molar refractivity (Wildman–Crippen MR) is 109 cm³/mol. The number of hydrogen-bond acceptors (Lipinski definition) is 3. The first-order chi connectivity index (χ1) is 11.3. The van der Waals surface area contributed by atoms with Crippen molar-refractivity contribution in [2.45, 2.75) is 19.4 Å². The van der Waals surface area contributed by atoms with E-state index in [1.54, 1.807) is 6.07 Å². The highest BCUT2D eigenvalue weighted by Crippen LogP contribution is 2.13. The van der Waals surface area contributed by atoms with Crippen LogP contribution in [-0.4, -0.2) is 47.6 Å². The number of piperazine rings is 1. The minimum absolute atomic E-state index is 0. The Morgan fingerprint density at radius 3 is 2.08 bits per heavy atom. The van der Waals surface area contributed by atoms with E-state index < -0.39 is 0 Å². The van der Waals surface area contributed by atoms with E-state index in [0.717, 1.165) is 52.1 Å². The number of rotatable bonds is 6. The zero-order valence-electron chi connectivity index (χ0n) is 14.5. The van der Waals surface area contributed by atoms with Crippen molar-refractivity contribution in [2.75, 3.05) is 32.7 Å². The van der Waals surface area contributed by atoms with Gasteiger partial charge in [0.15, 0.2) is 0 Å². The maximum Gasteiger partial charge on any atom is 0.115 e. The minimum atomic E-state index is 0. The molecular formula is C20H28Cl2N2O. The molecule has 1 aliphatic rings. The molecule has 2 aromatic rings. The summed E-state index contributed by atoms with van der Waals surface area (Å²) in [5.41, 5.74) is 2.64. The van der Waals surface area contributed by atoms with Gasteiger partial charge in [0.2, 0.25) is 0 Å². The molecule has 2 aromatic carbocycles. The van der Waals surface area contributed by atoms with Crippen LogP contribution in [0.25, 0.3) is 0 Å². The lowest BCUT2D eigenvalue weighted by molar-refractivity contribution is 0.126. The van der Waals surface area contributed by atoms with Crippen molar-refractivity contribution in [3.8, 4) is 5.75 Å². The van der Waals surface area contributed by atoms with E-state index in [1.807, 2.05) is 12.1 Å². The van der Waals surface area contributed by atoms with Crippen LogP contribution in [0.1, 0.15) is 17.5 Å². The fourth-order valence-corrected chi connectivity index (χ4v) is 3.23. The van der Waals surface area contributed by atoms with Crippen molar-refractivity contribution in [1.29, 1.82) is 0 Å². The minimum Gasteiger partial charge on any atom is -0.508 e. The molecule has 25 heavy (non-hydrogen) atoms. The third kappa shape index (κ3) is 7.25. The molecule has 0 unspecified atom stereocenters. The topological polar surface area (TPSA) is 26.7 Å². The molecule has 0 radical (unpaired) electrons. The molecule has 3 rings (SSSR count). The highest BCUT2D eigenvalue weighted by Gasteiger charge is 2.16. The molecule has 1 aliphatic heterocycles. The Morgan fingerprint density at radius 2 is 1.40 bits per heavy atom. The number of benzene rings is 2. The first-order valence-electron chi connectivity index (χ1n) is 8.56. The number of halogens is 2. The highest BCUT2D eigenvalue weighted by molar-refractivity contribution is 5.85. The van der Waals surface area contributed by atoms with Crippen LogP contribution in [0, 0.1) is 0 Å². The summed E-state index contributed by atoms with van der Waals surface area (Å²) in [5.74, 6) is 0.372. The summed E-state index contributed by atoms with van der Waals surface area (Å²) < 4.78 is 0. The SMILES string of the molecule is Cl.Cl.Oc1cccc(CCCN2CCN(Cc3ccccc3)CC2)c1. The molecule has 0 amide bonds. The lowest BCUT2D eigenvalue weighted by Gasteiger charge is -2.34. The third-order valence-corrected chi connectivity index (χ3v) is 4.56. The Kier molecular flexibility index (Phi) is 9.91. The molecule has 1 fully saturated rings. The molecule has 0 saturated carbocycles. The van der Waals surface area contributed by atoms with E-state index >= 15 is 0 Å². The maximum absolute atomic E-state index is 9.50. The smallest absolute Gasteiger partial charge is 0.115 e. The lowest BCUT2D eigenvalue weighted by atomic mass is 10.1. The first kappa shape index (κ1) is 21.8. The number of aryl methyl sites for hydroxylation is 1. The van der Waals surface area contributed by atoms with E-state index in [-0.39, 0.29) is 24.8 Å². The van der Waals surface area contributed by atoms with Gasteiger partial charge >= 0.3 is 0 Å². The Balaban J connectivity index is 0.00000156. The molecule has 0 spiro atoms. The van der Waals surface area contributed by atoms with Crippen molar-refractivity contribution < 1.29 is 5.11 Å². The molecule has 0 aromatic heterocycles. The monoisotopic (exact) mass is 382 g/mol. The van der Waals surface area contributed by atoms with Crippen LogP contribution in [0.4, 0.5) is 0 Å². The van der Waals surface area contributed by atoms with Gasteiger partial charge in [0.25, 0.3) is 0 Å². The third-order valence-electron chi connectivity index (χ3n) is 4.56. The van der Waals surface area contributed by atoms with E-state index in [9.17, 15) is 5.11 Å². The summed E-state index contributed by atoms with van der Waals surface area (Å²) in [4.78, 5) is 5.10. The van der Waals surface area contributed by atoms with Crippen molar-refractivity contribution in [3.05, 3.63) is 65.7 Å². The summed E-state index contributed by atoms with van der Waals surface area (Å²) in [6.07, 6.45) is 2.20. The molecule has 3 nitrogen and oxygen atoms in total. The zero-order valence-corrected chi connectivity index (χ0v) is 16.1. The molecule has 0 bridgehead atoms. The molecular weight excluding hydrogens is 355 g/mol. The largest absolute Gasteiger partial charge is 0.508 e. The summed E-state index contributed by atoms with van der Waals surface area (Å²) in [6.45, 7) is 6.84. The van der Waals surface area contributed by atoms with Crippen LogP contribution < -0.4 is 0 Å². The van der Waals surface area contributed by atoms with Gasteiger partial charge in [0.1, 0.15) is 5.75 Å². The Labute approximate surface area is 163 Å². The second-order valence-electron chi connectivity index (χ2n) is 6.38. The van der Waals surface area contributed by atoms with Gasteiger partial charge in [-0.05, 0) is 42.6 Å². The quantitative estimate of drug-likeness (QED) is 0.817. The highest BCUT2D eigenvalue weighted by atomic mass is 35.5. The van der Waals surface area contributed by atoms with E-state index in [0.29, 0.717) is 5.75 Å². The maximum atomic E-state index is 9.50. The van der Waals surface area contributed by atoms with Gasteiger partial charge in [-0.3, -0.25) is 4.90 Å². The van der Waals surface area contributed by atoms with Crippen LogP contribution in [0.5, 0.6) is 5.75 Å². The number of phenols is 1. The molecule has 0 atom stereocenters. The average molecular weight is 383 g/mol. The Bertz CT molecular complexity index is 602. The number of aromatic hydroxyl groups is 1. The average Bonchev–Trinajstić information content (AvgIpc) is 2.58. The Hall–Kier alpha value is -1.26. The fraction of sp³-hybridized carbons (Fsp3) is 0.400. The van der Waals surface area contributed by atoms with Crippen LogP contribution in [-0.2, 0) is 13.0 Å². The molecule has 0 aliphatic carbocycles. The fourth-order valence-electron chi connectivity index (χ4n) is 3.23. The summed E-state index contributed by atoms with van der Waals surface area (Å²) in [5, 5.41) is 9.50. The number of phenolic OH excluding ortho intramolecular Hbond substituents is 1. The summed E-state index contributed by atoms with van der Waals surface area (Å²) in [6, 6.07) is 18.4. The van der Waals surface area contributed by atoms with Gasteiger partial charge in [0, 0.05) is 32.7 Å². The molecule has 1 saturated heterocycles. The Morgan fingerprint density at radius 1 is 0.760 bits per heavy atom.